The van der Waals surface area contributed by atoms with Crippen LogP contribution in [-0.2, 0) is 9.59 Å². The zero-order valence-corrected chi connectivity index (χ0v) is 21.6. The third-order valence-electron chi connectivity index (χ3n) is 6.64. The molecule has 1 aliphatic heterocycles. The number of allylic oxidation sites excluding steroid dienone is 4. The number of nitrogens with zero attached hydrogens (tertiary/aromatic N) is 1. The molecule has 3 N–H and O–H groups in total. The zero-order chi connectivity index (χ0) is 25.2. The van der Waals surface area contributed by atoms with Gasteiger partial charge in [-0.3, -0.25) is 9.59 Å². The number of carbonyl (C=O) groups excluding carboxylic acids is 2. The Labute approximate surface area is 210 Å². The van der Waals surface area contributed by atoms with E-state index in [0.717, 1.165) is 79.0 Å². The van der Waals surface area contributed by atoms with Crippen LogP contribution in [0.15, 0.2) is 58.8 Å². The molecular weight excluding hydrogens is 436 g/mol. The smallest absolute Gasteiger partial charge is 0.227 e. The summed E-state index contributed by atoms with van der Waals surface area (Å²) in [6.07, 6.45) is 14.6. The van der Waals surface area contributed by atoms with Gasteiger partial charge in [-0.15, -0.1) is 0 Å². The Bertz CT molecular complexity index is 1040. The second-order valence-corrected chi connectivity index (χ2v) is 9.48. The van der Waals surface area contributed by atoms with Gasteiger partial charge in [-0.25, -0.2) is 4.99 Å². The van der Waals surface area contributed by atoms with Crippen LogP contribution < -0.4 is 16.0 Å². The van der Waals surface area contributed by atoms with E-state index in [1.165, 1.54) is 0 Å². The van der Waals surface area contributed by atoms with Crippen LogP contribution in [0.5, 0.6) is 0 Å². The van der Waals surface area contributed by atoms with E-state index < -0.39 is 0 Å². The first-order valence-electron chi connectivity index (χ1n) is 13.1. The van der Waals surface area contributed by atoms with E-state index in [1.54, 1.807) is 0 Å². The number of hydrogen-bond acceptors (Lipinski definition) is 4. The van der Waals surface area contributed by atoms with Gasteiger partial charge in [-0.1, -0.05) is 59.1 Å². The fourth-order valence-corrected chi connectivity index (χ4v) is 4.35. The van der Waals surface area contributed by atoms with Crippen molar-refractivity contribution in [3.05, 3.63) is 53.8 Å². The number of carbonyl (C=O) groups is 2. The van der Waals surface area contributed by atoms with Gasteiger partial charge in [0, 0.05) is 23.2 Å². The summed E-state index contributed by atoms with van der Waals surface area (Å²) >= 11 is 0. The summed E-state index contributed by atoms with van der Waals surface area (Å²) in [7, 11) is 0. The fourth-order valence-electron chi connectivity index (χ4n) is 4.35. The molecule has 0 radical (unpaired) electrons. The summed E-state index contributed by atoms with van der Waals surface area (Å²) in [5, 5.41) is 9.56. The van der Waals surface area contributed by atoms with Crippen LogP contribution in [0.4, 0.5) is 17.1 Å². The van der Waals surface area contributed by atoms with Gasteiger partial charge in [0.05, 0.1) is 23.6 Å². The molecule has 6 heteroatoms. The third kappa shape index (κ3) is 7.41. The molecule has 0 aromatic heterocycles. The number of anilines is 2. The number of aliphatic imine (C=N–C) groups is 1. The van der Waals surface area contributed by atoms with Crippen LogP contribution >= 0.6 is 0 Å². The van der Waals surface area contributed by atoms with Crippen molar-refractivity contribution in [2.75, 3.05) is 17.2 Å². The van der Waals surface area contributed by atoms with Gasteiger partial charge in [-0.05, 0) is 61.6 Å². The SMILES string of the molecule is CCCCC(C)C(=O)NC1=CC=C(C2=Nc3cc(NC(=O)C(CC)CCC)ccc3NC2)CC=C1. The molecule has 188 valence electrons. The van der Waals surface area contributed by atoms with Crippen molar-refractivity contribution < 1.29 is 9.59 Å². The molecule has 2 amide bonds. The number of benzene rings is 1. The van der Waals surface area contributed by atoms with Crippen molar-refractivity contribution >= 4 is 34.6 Å². The van der Waals surface area contributed by atoms with Crippen LogP contribution in [0, 0.1) is 11.8 Å². The molecule has 1 heterocycles. The van der Waals surface area contributed by atoms with Crippen molar-refractivity contribution in [3.63, 3.8) is 0 Å². The maximum Gasteiger partial charge on any atom is 0.227 e. The van der Waals surface area contributed by atoms with E-state index in [9.17, 15) is 9.59 Å². The number of nitrogens with one attached hydrogen (secondary N) is 3. The van der Waals surface area contributed by atoms with Crippen LogP contribution in [0.2, 0.25) is 0 Å². The minimum absolute atomic E-state index is 0.00337. The lowest BCUT2D eigenvalue weighted by Crippen LogP contribution is -2.27. The highest BCUT2D eigenvalue weighted by molar-refractivity contribution is 6.07. The van der Waals surface area contributed by atoms with Crippen LogP contribution in [0.1, 0.15) is 72.6 Å². The van der Waals surface area contributed by atoms with E-state index in [1.807, 2.05) is 43.4 Å². The maximum absolute atomic E-state index is 12.6. The first-order valence-corrected chi connectivity index (χ1v) is 13.1. The van der Waals surface area contributed by atoms with Gasteiger partial charge in [0.1, 0.15) is 0 Å². The molecular formula is C29H40N4O2. The van der Waals surface area contributed by atoms with Gasteiger partial charge < -0.3 is 16.0 Å². The minimum Gasteiger partial charge on any atom is -0.378 e. The Balaban J connectivity index is 1.72. The average Bonchev–Trinajstić information content (AvgIpc) is 3.10. The molecule has 0 bridgehead atoms. The summed E-state index contributed by atoms with van der Waals surface area (Å²) in [5.74, 6) is 0.175. The summed E-state index contributed by atoms with van der Waals surface area (Å²) < 4.78 is 0. The Morgan fingerprint density at radius 2 is 1.89 bits per heavy atom. The lowest BCUT2D eigenvalue weighted by Gasteiger charge is -2.20. The quantitative estimate of drug-likeness (QED) is 0.334. The standard InChI is InChI=1S/C29H40N4O2/c1-5-8-11-20(4)28(34)31-23-13-9-12-22(14-15-23)27-19-30-25-17-16-24(18-26(25)33-27)32-29(35)21(7-3)10-6-2/h9,13-18,20-21,30H,5-8,10-12,19H2,1-4H3,(H,31,34)(H,32,35). The topological polar surface area (TPSA) is 82.6 Å². The van der Waals surface area contributed by atoms with Crippen molar-refractivity contribution in [1.82, 2.24) is 5.32 Å². The van der Waals surface area contributed by atoms with Gasteiger partial charge >= 0.3 is 0 Å². The van der Waals surface area contributed by atoms with Crippen molar-refractivity contribution in [2.45, 2.75) is 72.6 Å². The average molecular weight is 477 g/mol. The zero-order valence-electron chi connectivity index (χ0n) is 21.6. The van der Waals surface area contributed by atoms with Crippen molar-refractivity contribution in [3.8, 4) is 0 Å². The highest BCUT2D eigenvalue weighted by atomic mass is 16.2. The largest absolute Gasteiger partial charge is 0.378 e. The van der Waals surface area contributed by atoms with E-state index in [-0.39, 0.29) is 23.7 Å². The highest BCUT2D eigenvalue weighted by Gasteiger charge is 2.19. The summed E-state index contributed by atoms with van der Waals surface area (Å²) in [4.78, 5) is 30.0. The van der Waals surface area contributed by atoms with Crippen molar-refractivity contribution in [1.29, 1.82) is 0 Å². The Kier molecular flexibility index (Phi) is 9.88. The summed E-state index contributed by atoms with van der Waals surface area (Å²) in [6.45, 7) is 8.92. The first kappa shape index (κ1) is 26.5. The van der Waals surface area contributed by atoms with Gasteiger partial charge in [-0.2, -0.15) is 0 Å². The first-order chi connectivity index (χ1) is 16.9. The molecule has 1 aromatic carbocycles. The number of fused-ring (bicyclic) bond motifs is 1. The van der Waals surface area contributed by atoms with E-state index in [4.69, 9.17) is 4.99 Å². The molecule has 1 aromatic rings. The normalized spacial score (nSPS) is 16.5. The monoisotopic (exact) mass is 476 g/mol. The van der Waals surface area contributed by atoms with Crippen LogP contribution in [0.3, 0.4) is 0 Å². The second kappa shape index (κ2) is 13.1. The highest BCUT2D eigenvalue weighted by Crippen LogP contribution is 2.33. The number of hydrogen-bond donors (Lipinski definition) is 3. The second-order valence-electron chi connectivity index (χ2n) is 9.48. The number of unbranched alkanes of at least 4 members (excludes halogenated alkanes) is 1. The molecule has 2 aliphatic rings. The molecule has 0 saturated heterocycles. The van der Waals surface area contributed by atoms with Crippen molar-refractivity contribution in [2.24, 2.45) is 16.8 Å². The van der Waals surface area contributed by atoms with Crippen LogP contribution in [0.25, 0.3) is 0 Å². The number of rotatable bonds is 11. The Morgan fingerprint density at radius 1 is 1.06 bits per heavy atom. The molecule has 2 atom stereocenters. The molecule has 0 saturated carbocycles. The minimum atomic E-state index is 0.00337. The van der Waals surface area contributed by atoms with Gasteiger partial charge in [0.25, 0.3) is 0 Å². The van der Waals surface area contributed by atoms with Crippen LogP contribution in [-0.4, -0.2) is 24.1 Å². The summed E-state index contributed by atoms with van der Waals surface area (Å²) in [6, 6.07) is 5.83. The number of amides is 2. The molecule has 0 fully saturated rings. The van der Waals surface area contributed by atoms with Gasteiger partial charge in [0.15, 0.2) is 0 Å². The van der Waals surface area contributed by atoms with E-state index >= 15 is 0 Å². The predicted octanol–water partition coefficient (Wildman–Crippen LogP) is 6.66. The maximum atomic E-state index is 12.6. The molecule has 35 heavy (non-hydrogen) atoms. The summed E-state index contributed by atoms with van der Waals surface area (Å²) in [5.41, 5.74) is 5.42. The molecule has 1 aliphatic carbocycles. The predicted molar refractivity (Wildman–Crippen MR) is 146 cm³/mol. The fraction of sp³-hybridized carbons (Fsp3) is 0.483. The molecule has 0 spiro atoms. The lowest BCUT2D eigenvalue weighted by atomic mass is 10.00. The third-order valence-corrected chi connectivity index (χ3v) is 6.64. The molecule has 6 nitrogen and oxygen atoms in total. The van der Waals surface area contributed by atoms with E-state index in [0.29, 0.717) is 6.54 Å². The van der Waals surface area contributed by atoms with E-state index in [2.05, 4.69) is 42.8 Å². The Morgan fingerprint density at radius 3 is 2.63 bits per heavy atom. The molecule has 3 rings (SSSR count). The molecule has 2 unspecified atom stereocenters. The Hall–Kier alpha value is -3.15. The lowest BCUT2D eigenvalue weighted by molar-refractivity contribution is -0.124. The van der Waals surface area contributed by atoms with Gasteiger partial charge in [0.2, 0.25) is 11.8 Å².